The van der Waals surface area contributed by atoms with Crippen LogP contribution in [0, 0.1) is 17.2 Å². The molecule has 0 aromatic rings. The second-order valence-electron chi connectivity index (χ2n) is 4.97. The van der Waals surface area contributed by atoms with Gasteiger partial charge in [0.15, 0.2) is 0 Å². The van der Waals surface area contributed by atoms with Crippen molar-refractivity contribution in [2.24, 2.45) is 5.92 Å². The molecule has 2 rings (SSSR count). The Morgan fingerprint density at radius 1 is 1.62 bits per heavy atom. The van der Waals surface area contributed by atoms with E-state index in [9.17, 15) is 4.79 Å². The van der Waals surface area contributed by atoms with E-state index in [1.807, 2.05) is 0 Å². The van der Waals surface area contributed by atoms with Gasteiger partial charge in [0, 0.05) is 31.6 Å². The summed E-state index contributed by atoms with van der Waals surface area (Å²) in [5.74, 6) is 0.798. The molecule has 0 aromatic carbocycles. The van der Waals surface area contributed by atoms with E-state index in [-0.39, 0.29) is 5.91 Å². The molecule has 16 heavy (non-hydrogen) atoms. The third kappa shape index (κ3) is 2.35. The topological polar surface area (TPSA) is 56.1 Å². The molecule has 3 atom stereocenters. The van der Waals surface area contributed by atoms with E-state index in [1.54, 1.807) is 0 Å². The highest BCUT2D eigenvalue weighted by Gasteiger charge is 2.34. The largest absolute Gasteiger partial charge is 0.353 e. The van der Waals surface area contributed by atoms with Gasteiger partial charge in [-0.3, -0.25) is 9.69 Å². The summed E-state index contributed by atoms with van der Waals surface area (Å²) in [6, 6.07) is 2.96. The molecule has 88 valence electrons. The summed E-state index contributed by atoms with van der Waals surface area (Å²) < 4.78 is 0. The summed E-state index contributed by atoms with van der Waals surface area (Å²) in [4.78, 5) is 13.7. The normalized spacial score (nSPS) is 32.4. The van der Waals surface area contributed by atoms with Crippen molar-refractivity contribution >= 4 is 5.91 Å². The minimum atomic E-state index is 0.208. The van der Waals surface area contributed by atoms with Crippen molar-refractivity contribution in [2.45, 2.75) is 44.7 Å². The van der Waals surface area contributed by atoms with Crippen molar-refractivity contribution in [3.63, 3.8) is 0 Å². The molecule has 0 saturated carbocycles. The van der Waals surface area contributed by atoms with Crippen LogP contribution in [-0.4, -0.2) is 36.0 Å². The predicted octanol–water partition coefficient (Wildman–Crippen LogP) is 0.889. The predicted molar refractivity (Wildman–Crippen MR) is 60.5 cm³/mol. The number of rotatable bonds is 2. The number of hydrogen-bond donors (Lipinski definition) is 1. The molecule has 3 unspecified atom stereocenters. The first-order valence-electron chi connectivity index (χ1n) is 6.11. The van der Waals surface area contributed by atoms with Crippen molar-refractivity contribution < 1.29 is 4.79 Å². The Morgan fingerprint density at radius 3 is 3.19 bits per heavy atom. The van der Waals surface area contributed by atoms with Gasteiger partial charge in [-0.15, -0.1) is 0 Å². The molecule has 0 bridgehead atoms. The molecule has 1 amide bonds. The van der Waals surface area contributed by atoms with Crippen LogP contribution >= 0.6 is 0 Å². The minimum Gasteiger partial charge on any atom is -0.353 e. The monoisotopic (exact) mass is 221 g/mol. The smallest absolute Gasteiger partial charge is 0.220 e. The molecule has 2 heterocycles. The quantitative estimate of drug-likeness (QED) is 0.753. The van der Waals surface area contributed by atoms with Crippen LogP contribution in [0.4, 0.5) is 0 Å². The van der Waals surface area contributed by atoms with Crippen molar-refractivity contribution in [1.82, 2.24) is 10.2 Å². The lowest BCUT2D eigenvalue weighted by Crippen LogP contribution is -2.55. The Morgan fingerprint density at radius 2 is 2.44 bits per heavy atom. The van der Waals surface area contributed by atoms with Crippen LogP contribution in [0.1, 0.15) is 32.6 Å². The summed E-state index contributed by atoms with van der Waals surface area (Å²) in [6.45, 7) is 4.16. The SMILES string of the molecule is CC(CC#N)N1CCC2NC(=O)CCC2C1. The lowest BCUT2D eigenvalue weighted by atomic mass is 9.84. The number of nitriles is 1. The zero-order valence-corrected chi connectivity index (χ0v) is 9.78. The highest BCUT2D eigenvalue weighted by Crippen LogP contribution is 2.26. The fourth-order valence-electron chi connectivity index (χ4n) is 2.80. The van der Waals surface area contributed by atoms with E-state index in [4.69, 9.17) is 5.26 Å². The molecule has 2 fully saturated rings. The summed E-state index contributed by atoms with van der Waals surface area (Å²) in [5, 5.41) is 11.8. The van der Waals surface area contributed by atoms with Gasteiger partial charge in [-0.25, -0.2) is 0 Å². The highest BCUT2D eigenvalue weighted by atomic mass is 16.1. The molecule has 2 saturated heterocycles. The number of fused-ring (bicyclic) bond motifs is 1. The zero-order chi connectivity index (χ0) is 11.5. The maximum atomic E-state index is 11.3. The van der Waals surface area contributed by atoms with E-state index in [2.05, 4.69) is 23.2 Å². The Labute approximate surface area is 96.6 Å². The van der Waals surface area contributed by atoms with Crippen LogP contribution in [0.15, 0.2) is 0 Å². The van der Waals surface area contributed by atoms with Crippen molar-refractivity contribution in [2.75, 3.05) is 13.1 Å². The van der Waals surface area contributed by atoms with Crippen LogP contribution in [0.2, 0.25) is 0 Å². The molecule has 2 aliphatic rings. The van der Waals surface area contributed by atoms with Gasteiger partial charge in [0.2, 0.25) is 5.91 Å². The summed E-state index contributed by atoms with van der Waals surface area (Å²) in [5.41, 5.74) is 0. The van der Waals surface area contributed by atoms with Gasteiger partial charge >= 0.3 is 0 Å². The average Bonchev–Trinajstić information content (AvgIpc) is 2.28. The standard InChI is InChI=1S/C12H19N3O/c1-9(4-6-13)15-7-5-11-10(8-15)2-3-12(16)14-11/h9-11H,2-5,7-8H2,1H3,(H,14,16). The van der Waals surface area contributed by atoms with E-state index in [0.29, 0.717) is 30.8 Å². The molecule has 2 aliphatic heterocycles. The van der Waals surface area contributed by atoms with E-state index in [1.165, 1.54) is 0 Å². The molecule has 0 aromatic heterocycles. The minimum absolute atomic E-state index is 0.208. The van der Waals surface area contributed by atoms with Gasteiger partial charge < -0.3 is 5.32 Å². The first kappa shape index (κ1) is 11.4. The van der Waals surface area contributed by atoms with Crippen molar-refractivity contribution in [3.8, 4) is 6.07 Å². The third-order valence-corrected chi connectivity index (χ3v) is 3.86. The Kier molecular flexibility index (Phi) is 3.45. The lowest BCUT2D eigenvalue weighted by Gasteiger charge is -2.43. The van der Waals surface area contributed by atoms with Gasteiger partial charge in [-0.1, -0.05) is 0 Å². The number of nitrogens with one attached hydrogen (secondary N) is 1. The van der Waals surface area contributed by atoms with Crippen molar-refractivity contribution in [1.29, 1.82) is 5.26 Å². The first-order valence-corrected chi connectivity index (χ1v) is 6.11. The second kappa shape index (κ2) is 4.84. The number of hydrogen-bond acceptors (Lipinski definition) is 3. The molecule has 1 N–H and O–H groups in total. The maximum Gasteiger partial charge on any atom is 0.220 e. The molecule has 0 radical (unpaired) electrons. The lowest BCUT2D eigenvalue weighted by molar-refractivity contribution is -0.125. The van der Waals surface area contributed by atoms with E-state index < -0.39 is 0 Å². The number of carbonyl (C=O) groups excluding carboxylic acids is 1. The number of piperidine rings is 2. The van der Waals surface area contributed by atoms with Crippen LogP contribution in [0.5, 0.6) is 0 Å². The van der Waals surface area contributed by atoms with Crippen LogP contribution in [0.3, 0.4) is 0 Å². The Bertz CT molecular complexity index is 310. The zero-order valence-electron chi connectivity index (χ0n) is 9.78. The number of carbonyl (C=O) groups is 1. The third-order valence-electron chi connectivity index (χ3n) is 3.86. The molecule has 4 nitrogen and oxygen atoms in total. The van der Waals surface area contributed by atoms with Gasteiger partial charge in [-0.05, 0) is 25.7 Å². The number of amides is 1. The first-order chi connectivity index (χ1) is 7.70. The van der Waals surface area contributed by atoms with Crippen LogP contribution < -0.4 is 5.32 Å². The fraction of sp³-hybridized carbons (Fsp3) is 0.833. The Balaban J connectivity index is 1.91. The van der Waals surface area contributed by atoms with E-state index in [0.717, 1.165) is 25.9 Å². The molecular formula is C12H19N3O. The van der Waals surface area contributed by atoms with Gasteiger partial charge in [0.25, 0.3) is 0 Å². The van der Waals surface area contributed by atoms with E-state index >= 15 is 0 Å². The highest BCUT2D eigenvalue weighted by molar-refractivity contribution is 5.77. The maximum absolute atomic E-state index is 11.3. The average molecular weight is 221 g/mol. The summed E-state index contributed by atoms with van der Waals surface area (Å²) >= 11 is 0. The molecule has 0 spiro atoms. The van der Waals surface area contributed by atoms with Crippen LogP contribution in [0.25, 0.3) is 0 Å². The van der Waals surface area contributed by atoms with Gasteiger partial charge in [0.05, 0.1) is 12.5 Å². The number of likely N-dealkylation sites (tertiary alicyclic amines) is 1. The van der Waals surface area contributed by atoms with Gasteiger partial charge in [-0.2, -0.15) is 5.26 Å². The second-order valence-corrected chi connectivity index (χ2v) is 4.97. The van der Waals surface area contributed by atoms with Crippen molar-refractivity contribution in [3.05, 3.63) is 0 Å². The molecule has 4 heteroatoms. The van der Waals surface area contributed by atoms with Gasteiger partial charge in [0.1, 0.15) is 0 Å². The summed E-state index contributed by atoms with van der Waals surface area (Å²) in [7, 11) is 0. The number of nitrogens with zero attached hydrogens (tertiary/aromatic N) is 2. The Hall–Kier alpha value is -1.08. The fourth-order valence-corrected chi connectivity index (χ4v) is 2.80. The summed E-state index contributed by atoms with van der Waals surface area (Å²) in [6.07, 6.45) is 3.31. The van der Waals surface area contributed by atoms with Crippen LogP contribution in [-0.2, 0) is 4.79 Å². The molecule has 0 aliphatic carbocycles. The molecular weight excluding hydrogens is 202 g/mol.